The van der Waals surface area contributed by atoms with E-state index in [9.17, 15) is 4.79 Å². The van der Waals surface area contributed by atoms with Crippen LogP contribution >= 0.6 is 0 Å². The lowest BCUT2D eigenvalue weighted by molar-refractivity contribution is 0.112. The van der Waals surface area contributed by atoms with Gasteiger partial charge in [-0.25, -0.2) is 0 Å². The molecule has 3 heteroatoms. The second-order valence-electron chi connectivity index (χ2n) is 6.28. The van der Waals surface area contributed by atoms with Crippen molar-refractivity contribution in [3.8, 4) is 11.3 Å². The first-order valence-electron chi connectivity index (χ1n) is 7.02. The van der Waals surface area contributed by atoms with Gasteiger partial charge in [-0.05, 0) is 35.2 Å². The number of pyridine rings is 1. The summed E-state index contributed by atoms with van der Waals surface area (Å²) in [4.78, 5) is 19.0. The summed E-state index contributed by atoms with van der Waals surface area (Å²) in [6.45, 7) is 6.52. The molecule has 0 saturated heterocycles. The van der Waals surface area contributed by atoms with Crippen molar-refractivity contribution in [1.82, 2.24) is 9.97 Å². The predicted molar refractivity (Wildman–Crippen MR) is 85.6 cm³/mol. The normalized spacial score (nSPS) is 11.8. The van der Waals surface area contributed by atoms with Crippen molar-refractivity contribution < 1.29 is 4.79 Å². The molecule has 0 bridgehead atoms. The van der Waals surface area contributed by atoms with E-state index >= 15 is 0 Å². The third-order valence-electron chi connectivity index (χ3n) is 3.79. The number of hydrogen-bond donors (Lipinski definition) is 1. The molecule has 0 aliphatic heterocycles. The maximum Gasteiger partial charge on any atom is 0.152 e. The minimum absolute atomic E-state index is 0.0580. The second kappa shape index (κ2) is 4.85. The fraction of sp³-hybridized carbons (Fsp3) is 0.222. The standard InChI is InChI=1S/C18H18N2O/c1-18(2,3)13-4-5-16-14(10-13)15(11-21)17(20-16)12-6-8-19-9-7-12/h4-11,20H,1-3H3. The first-order valence-corrected chi connectivity index (χ1v) is 7.02. The highest BCUT2D eigenvalue weighted by atomic mass is 16.1. The Bertz CT molecular complexity index is 795. The number of fused-ring (bicyclic) bond motifs is 1. The van der Waals surface area contributed by atoms with E-state index in [0.717, 1.165) is 28.4 Å². The van der Waals surface area contributed by atoms with E-state index in [1.807, 2.05) is 18.2 Å². The molecule has 21 heavy (non-hydrogen) atoms. The zero-order chi connectivity index (χ0) is 15.0. The van der Waals surface area contributed by atoms with E-state index in [0.29, 0.717) is 5.56 Å². The molecule has 0 unspecified atom stereocenters. The number of benzene rings is 1. The predicted octanol–water partition coefficient (Wildman–Crippen LogP) is 4.34. The Balaban J connectivity index is 2.27. The van der Waals surface area contributed by atoms with Crippen molar-refractivity contribution >= 4 is 17.2 Å². The van der Waals surface area contributed by atoms with Gasteiger partial charge in [0.1, 0.15) is 0 Å². The van der Waals surface area contributed by atoms with Crippen molar-refractivity contribution in [2.45, 2.75) is 26.2 Å². The topological polar surface area (TPSA) is 45.8 Å². The van der Waals surface area contributed by atoms with Crippen LogP contribution in [0.15, 0.2) is 42.7 Å². The maximum absolute atomic E-state index is 11.6. The zero-order valence-corrected chi connectivity index (χ0v) is 12.5. The molecule has 0 atom stereocenters. The lowest BCUT2D eigenvalue weighted by Crippen LogP contribution is -2.10. The molecule has 0 aliphatic carbocycles. The number of aldehydes is 1. The summed E-state index contributed by atoms with van der Waals surface area (Å²) in [5.41, 5.74) is 4.80. The molecule has 0 fully saturated rings. The largest absolute Gasteiger partial charge is 0.354 e. The quantitative estimate of drug-likeness (QED) is 0.709. The fourth-order valence-corrected chi connectivity index (χ4v) is 2.55. The van der Waals surface area contributed by atoms with Crippen molar-refractivity contribution in [3.63, 3.8) is 0 Å². The molecule has 2 heterocycles. The van der Waals surface area contributed by atoms with E-state index in [4.69, 9.17) is 0 Å². The van der Waals surface area contributed by atoms with Crippen LogP contribution in [0, 0.1) is 0 Å². The third-order valence-corrected chi connectivity index (χ3v) is 3.79. The molecule has 3 rings (SSSR count). The molecule has 0 radical (unpaired) electrons. The van der Waals surface area contributed by atoms with Crippen LogP contribution in [0.25, 0.3) is 22.2 Å². The number of nitrogens with one attached hydrogen (secondary N) is 1. The van der Waals surface area contributed by atoms with Gasteiger partial charge in [-0.2, -0.15) is 0 Å². The Hall–Kier alpha value is -2.42. The van der Waals surface area contributed by atoms with E-state index in [1.54, 1.807) is 12.4 Å². The highest BCUT2D eigenvalue weighted by molar-refractivity contribution is 6.04. The monoisotopic (exact) mass is 278 g/mol. The minimum Gasteiger partial charge on any atom is -0.354 e. The van der Waals surface area contributed by atoms with Crippen LogP contribution in [-0.4, -0.2) is 16.3 Å². The Kier molecular flexibility index (Phi) is 3.13. The van der Waals surface area contributed by atoms with Gasteiger partial charge in [0.2, 0.25) is 0 Å². The molecular formula is C18H18N2O. The van der Waals surface area contributed by atoms with Gasteiger partial charge in [-0.1, -0.05) is 26.8 Å². The lowest BCUT2D eigenvalue weighted by atomic mass is 9.86. The molecular weight excluding hydrogens is 260 g/mol. The van der Waals surface area contributed by atoms with Gasteiger partial charge in [0.25, 0.3) is 0 Å². The van der Waals surface area contributed by atoms with Gasteiger partial charge in [0, 0.05) is 34.4 Å². The summed E-state index contributed by atoms with van der Waals surface area (Å²) in [5, 5.41) is 0.976. The van der Waals surface area contributed by atoms with Gasteiger partial charge in [-0.3, -0.25) is 9.78 Å². The van der Waals surface area contributed by atoms with Crippen molar-refractivity contribution in [3.05, 3.63) is 53.9 Å². The van der Waals surface area contributed by atoms with Crippen molar-refractivity contribution in [2.75, 3.05) is 0 Å². The lowest BCUT2D eigenvalue weighted by Gasteiger charge is -2.18. The smallest absolute Gasteiger partial charge is 0.152 e. The molecule has 3 aromatic rings. The summed E-state index contributed by atoms with van der Waals surface area (Å²) in [6, 6.07) is 10.1. The maximum atomic E-state index is 11.6. The average molecular weight is 278 g/mol. The van der Waals surface area contributed by atoms with Crippen LogP contribution in [0.4, 0.5) is 0 Å². The fourth-order valence-electron chi connectivity index (χ4n) is 2.55. The van der Waals surface area contributed by atoms with Gasteiger partial charge in [0.15, 0.2) is 6.29 Å². The van der Waals surface area contributed by atoms with Crippen LogP contribution in [0.1, 0.15) is 36.7 Å². The highest BCUT2D eigenvalue weighted by Crippen LogP contribution is 2.32. The number of rotatable bonds is 2. The van der Waals surface area contributed by atoms with Crippen molar-refractivity contribution in [2.24, 2.45) is 0 Å². The zero-order valence-electron chi connectivity index (χ0n) is 12.5. The molecule has 1 N–H and O–H groups in total. The Morgan fingerprint density at radius 1 is 1.10 bits per heavy atom. The molecule has 3 nitrogen and oxygen atoms in total. The van der Waals surface area contributed by atoms with Crippen LogP contribution in [-0.2, 0) is 5.41 Å². The molecule has 106 valence electrons. The van der Waals surface area contributed by atoms with Crippen LogP contribution < -0.4 is 0 Å². The first kappa shape index (κ1) is 13.6. The van der Waals surface area contributed by atoms with E-state index in [-0.39, 0.29) is 5.41 Å². The summed E-state index contributed by atoms with van der Waals surface area (Å²) < 4.78 is 0. The Morgan fingerprint density at radius 3 is 2.43 bits per heavy atom. The van der Waals surface area contributed by atoms with Crippen LogP contribution in [0.2, 0.25) is 0 Å². The summed E-state index contributed by atoms with van der Waals surface area (Å²) >= 11 is 0. The summed E-state index contributed by atoms with van der Waals surface area (Å²) in [7, 11) is 0. The van der Waals surface area contributed by atoms with Crippen molar-refractivity contribution in [1.29, 1.82) is 0 Å². The Morgan fingerprint density at radius 2 is 1.81 bits per heavy atom. The first-order chi connectivity index (χ1) is 10.0. The van der Waals surface area contributed by atoms with E-state index in [1.165, 1.54) is 5.56 Å². The number of aromatic amines is 1. The molecule has 2 aromatic heterocycles. The number of aromatic nitrogens is 2. The summed E-state index contributed by atoms with van der Waals surface area (Å²) in [5.74, 6) is 0. The Labute approximate surface area is 124 Å². The van der Waals surface area contributed by atoms with Crippen LogP contribution in [0.5, 0.6) is 0 Å². The number of carbonyl (C=O) groups excluding carboxylic acids is 1. The molecule has 0 amide bonds. The molecule has 0 spiro atoms. The van der Waals surface area contributed by atoms with Crippen LogP contribution in [0.3, 0.4) is 0 Å². The number of carbonyl (C=O) groups is 1. The van der Waals surface area contributed by atoms with Gasteiger partial charge in [-0.15, -0.1) is 0 Å². The highest BCUT2D eigenvalue weighted by Gasteiger charge is 2.17. The average Bonchev–Trinajstić information content (AvgIpc) is 2.84. The number of nitrogens with zero attached hydrogens (tertiary/aromatic N) is 1. The summed E-state index contributed by atoms with van der Waals surface area (Å²) in [6.07, 6.45) is 4.40. The van der Waals surface area contributed by atoms with Gasteiger partial charge in [0.05, 0.1) is 5.69 Å². The molecule has 0 aliphatic rings. The minimum atomic E-state index is 0.0580. The second-order valence-corrected chi connectivity index (χ2v) is 6.28. The molecule has 1 aromatic carbocycles. The molecule has 0 saturated carbocycles. The van der Waals surface area contributed by atoms with Gasteiger partial charge < -0.3 is 4.98 Å². The van der Waals surface area contributed by atoms with E-state index < -0.39 is 0 Å². The number of hydrogen-bond acceptors (Lipinski definition) is 2. The number of H-pyrrole nitrogens is 1. The third kappa shape index (κ3) is 2.35. The van der Waals surface area contributed by atoms with Gasteiger partial charge >= 0.3 is 0 Å². The van der Waals surface area contributed by atoms with E-state index in [2.05, 4.69) is 42.9 Å². The SMILES string of the molecule is CC(C)(C)c1ccc2[nH]c(-c3ccncc3)c(C=O)c2c1.